The maximum absolute atomic E-state index is 10.3. The summed E-state index contributed by atoms with van der Waals surface area (Å²) < 4.78 is 16.8. The summed E-state index contributed by atoms with van der Waals surface area (Å²) in [6, 6.07) is 5.12. The summed E-state index contributed by atoms with van der Waals surface area (Å²) >= 11 is 0. The van der Waals surface area contributed by atoms with Crippen molar-refractivity contribution in [2.24, 2.45) is 0 Å². The molecule has 1 atom stereocenters. The number of benzene rings is 2. The van der Waals surface area contributed by atoms with Crippen LogP contribution >= 0.6 is 0 Å². The molecule has 5 heteroatoms. The van der Waals surface area contributed by atoms with Gasteiger partial charge < -0.3 is 24.4 Å². The van der Waals surface area contributed by atoms with Gasteiger partial charge in [-0.25, -0.2) is 0 Å². The van der Waals surface area contributed by atoms with Gasteiger partial charge in [0, 0.05) is 17.2 Å². The molecule has 0 aliphatic carbocycles. The Labute approximate surface area is 134 Å². The van der Waals surface area contributed by atoms with Gasteiger partial charge in [-0.15, -0.1) is 0 Å². The number of hydrogen-bond donors (Lipinski definition) is 2. The van der Waals surface area contributed by atoms with E-state index in [1.807, 2.05) is 13.8 Å². The summed E-state index contributed by atoms with van der Waals surface area (Å²) in [6.07, 6.45) is 1.31. The largest absolute Gasteiger partial charge is 0.508 e. The van der Waals surface area contributed by atoms with Gasteiger partial charge in [0.2, 0.25) is 6.79 Å². The third kappa shape index (κ3) is 2.15. The van der Waals surface area contributed by atoms with Crippen LogP contribution in [0.3, 0.4) is 0 Å². The van der Waals surface area contributed by atoms with Gasteiger partial charge in [-0.3, -0.25) is 0 Å². The minimum atomic E-state index is -0.281. The highest BCUT2D eigenvalue weighted by Gasteiger charge is 2.29. The van der Waals surface area contributed by atoms with Crippen molar-refractivity contribution >= 4 is 0 Å². The molecule has 120 valence electrons. The Morgan fingerprint density at radius 2 is 1.74 bits per heavy atom. The van der Waals surface area contributed by atoms with Crippen molar-refractivity contribution in [1.82, 2.24) is 0 Å². The Bertz CT molecular complexity index is 797. The molecule has 0 amide bonds. The lowest BCUT2D eigenvalue weighted by molar-refractivity contribution is 0.168. The molecular weight excluding hydrogens is 296 g/mol. The van der Waals surface area contributed by atoms with E-state index < -0.39 is 0 Å². The lowest BCUT2D eigenvalue weighted by Gasteiger charge is -2.29. The molecule has 2 aromatic carbocycles. The quantitative estimate of drug-likeness (QED) is 0.843. The monoisotopic (exact) mass is 314 g/mol. The van der Waals surface area contributed by atoms with Crippen molar-refractivity contribution in [3.8, 4) is 28.7 Å². The fourth-order valence-corrected chi connectivity index (χ4v) is 3.29. The fraction of sp³-hybridized carbons (Fsp3) is 0.333. The fourth-order valence-electron chi connectivity index (χ4n) is 3.29. The number of ether oxygens (including phenoxy) is 3. The van der Waals surface area contributed by atoms with Crippen molar-refractivity contribution in [3.63, 3.8) is 0 Å². The van der Waals surface area contributed by atoms with Gasteiger partial charge in [0.05, 0.1) is 0 Å². The number of aromatic hydroxyl groups is 2. The van der Waals surface area contributed by atoms with Crippen LogP contribution in [0, 0.1) is 13.8 Å². The maximum atomic E-state index is 10.3. The predicted molar refractivity (Wildman–Crippen MR) is 83.5 cm³/mol. The highest BCUT2D eigenvalue weighted by atomic mass is 16.7. The summed E-state index contributed by atoms with van der Waals surface area (Å²) in [6.45, 7) is 3.98. The smallest absolute Gasteiger partial charge is 0.231 e. The van der Waals surface area contributed by atoms with Crippen LogP contribution < -0.4 is 14.2 Å². The van der Waals surface area contributed by atoms with E-state index in [0.717, 1.165) is 35.3 Å². The average molecular weight is 314 g/mol. The first-order valence-electron chi connectivity index (χ1n) is 7.66. The van der Waals surface area contributed by atoms with Gasteiger partial charge in [0.25, 0.3) is 0 Å². The molecule has 0 saturated carbocycles. The molecule has 0 spiro atoms. The van der Waals surface area contributed by atoms with Crippen LogP contribution in [0.15, 0.2) is 18.2 Å². The molecule has 0 fully saturated rings. The van der Waals surface area contributed by atoms with Gasteiger partial charge in [0.15, 0.2) is 11.5 Å². The zero-order chi connectivity index (χ0) is 16.1. The minimum absolute atomic E-state index is 0.136. The zero-order valence-corrected chi connectivity index (χ0v) is 13.0. The van der Waals surface area contributed by atoms with Gasteiger partial charge >= 0.3 is 0 Å². The van der Waals surface area contributed by atoms with E-state index in [0.29, 0.717) is 17.1 Å². The summed E-state index contributed by atoms with van der Waals surface area (Å²) in [7, 11) is 0. The van der Waals surface area contributed by atoms with Crippen LogP contribution in [0.5, 0.6) is 28.7 Å². The third-order valence-corrected chi connectivity index (χ3v) is 4.61. The molecule has 0 radical (unpaired) electrons. The van der Waals surface area contributed by atoms with Gasteiger partial charge in [-0.1, -0.05) is 0 Å². The second kappa shape index (κ2) is 4.98. The van der Waals surface area contributed by atoms with E-state index in [2.05, 4.69) is 0 Å². The molecule has 2 aromatic rings. The number of rotatable bonds is 1. The molecule has 0 saturated heterocycles. The SMILES string of the molecule is Cc1cc(O)c(C)c2c1CC[C@@H](c1cc3c(cc1O)OCO3)O2. The second-order valence-corrected chi connectivity index (χ2v) is 6.05. The second-order valence-electron chi connectivity index (χ2n) is 6.05. The maximum Gasteiger partial charge on any atom is 0.231 e. The third-order valence-electron chi connectivity index (χ3n) is 4.61. The summed E-state index contributed by atoms with van der Waals surface area (Å²) in [5.41, 5.74) is 3.56. The Balaban J connectivity index is 1.74. The van der Waals surface area contributed by atoms with Crippen molar-refractivity contribution in [2.45, 2.75) is 32.8 Å². The molecular formula is C18H18O5. The van der Waals surface area contributed by atoms with Crippen LogP contribution in [0.1, 0.15) is 34.8 Å². The molecule has 4 rings (SSSR count). The topological polar surface area (TPSA) is 68.2 Å². The van der Waals surface area contributed by atoms with Crippen LogP contribution in [-0.4, -0.2) is 17.0 Å². The molecule has 2 N–H and O–H groups in total. The lowest BCUT2D eigenvalue weighted by atomic mass is 9.92. The average Bonchev–Trinajstić information content (AvgIpc) is 2.98. The summed E-state index contributed by atoms with van der Waals surface area (Å²) in [4.78, 5) is 0. The Morgan fingerprint density at radius 3 is 2.52 bits per heavy atom. The van der Waals surface area contributed by atoms with Crippen molar-refractivity contribution in [2.75, 3.05) is 6.79 Å². The van der Waals surface area contributed by atoms with Crippen molar-refractivity contribution in [1.29, 1.82) is 0 Å². The predicted octanol–water partition coefficient (Wildman–Crippen LogP) is 3.51. The Morgan fingerprint density at radius 1 is 1.00 bits per heavy atom. The van der Waals surface area contributed by atoms with Gasteiger partial charge in [0.1, 0.15) is 23.4 Å². The lowest BCUT2D eigenvalue weighted by Crippen LogP contribution is -2.17. The first-order valence-corrected chi connectivity index (χ1v) is 7.66. The normalized spacial score (nSPS) is 18.4. The van der Waals surface area contributed by atoms with E-state index in [-0.39, 0.29) is 24.4 Å². The van der Waals surface area contributed by atoms with Gasteiger partial charge in [-0.2, -0.15) is 0 Å². The van der Waals surface area contributed by atoms with Crippen LogP contribution in [0.4, 0.5) is 0 Å². The van der Waals surface area contributed by atoms with Gasteiger partial charge in [-0.05, 0) is 49.9 Å². The molecule has 2 heterocycles. The molecule has 0 bridgehead atoms. The minimum Gasteiger partial charge on any atom is -0.508 e. The number of phenolic OH excluding ortho intramolecular Hbond substituents is 2. The molecule has 0 aromatic heterocycles. The molecule has 5 nitrogen and oxygen atoms in total. The number of fused-ring (bicyclic) bond motifs is 2. The van der Waals surface area contributed by atoms with Crippen molar-refractivity contribution in [3.05, 3.63) is 40.5 Å². The molecule has 0 unspecified atom stereocenters. The number of phenols is 2. The first kappa shape index (κ1) is 14.1. The number of hydrogen-bond acceptors (Lipinski definition) is 5. The summed E-state index contributed by atoms with van der Waals surface area (Å²) in [5.74, 6) is 2.26. The highest BCUT2D eigenvalue weighted by molar-refractivity contribution is 5.56. The summed E-state index contributed by atoms with van der Waals surface area (Å²) in [5, 5.41) is 20.3. The Hall–Kier alpha value is -2.56. The van der Waals surface area contributed by atoms with E-state index in [1.54, 1.807) is 18.2 Å². The van der Waals surface area contributed by atoms with E-state index >= 15 is 0 Å². The van der Waals surface area contributed by atoms with E-state index in [1.165, 1.54) is 0 Å². The van der Waals surface area contributed by atoms with Crippen LogP contribution in [0.2, 0.25) is 0 Å². The number of aryl methyl sites for hydroxylation is 1. The standard InChI is InChI=1S/C18H18O5/c1-9-5-13(19)10(2)18-11(9)3-4-15(23-18)12-6-16-17(7-14(12)20)22-8-21-16/h5-7,15,19-20H,3-4,8H2,1-2H3/t15-/m0/s1. The highest BCUT2D eigenvalue weighted by Crippen LogP contribution is 2.46. The first-order chi connectivity index (χ1) is 11.0. The van der Waals surface area contributed by atoms with E-state index in [4.69, 9.17) is 14.2 Å². The van der Waals surface area contributed by atoms with Crippen molar-refractivity contribution < 1.29 is 24.4 Å². The Kier molecular flexibility index (Phi) is 3.04. The van der Waals surface area contributed by atoms with Crippen LogP contribution in [-0.2, 0) is 6.42 Å². The van der Waals surface area contributed by atoms with Crippen LogP contribution in [0.25, 0.3) is 0 Å². The molecule has 23 heavy (non-hydrogen) atoms. The molecule has 2 aliphatic rings. The van der Waals surface area contributed by atoms with E-state index in [9.17, 15) is 10.2 Å². The zero-order valence-electron chi connectivity index (χ0n) is 13.0. The molecule has 2 aliphatic heterocycles.